The number of benzene rings is 3. The lowest BCUT2D eigenvalue weighted by Gasteiger charge is -2.27. The minimum Gasteiger partial charge on any atom is -0.469 e. The predicted octanol–water partition coefficient (Wildman–Crippen LogP) is 6.65. The van der Waals surface area contributed by atoms with Crippen molar-refractivity contribution in [3.8, 4) is 0 Å². The maximum Gasteiger partial charge on any atom is 0.306 e. The number of carbonyl (C=O) groups is 2. The summed E-state index contributed by atoms with van der Waals surface area (Å²) in [5.41, 5.74) is 0. The Bertz CT molecular complexity index is 1290. The number of hydrogen-bond donors (Lipinski definition) is 0. The van der Waals surface area contributed by atoms with Crippen molar-refractivity contribution in [2.24, 2.45) is 0 Å². The summed E-state index contributed by atoms with van der Waals surface area (Å²) in [5.74, 6) is 0.851. The summed E-state index contributed by atoms with van der Waals surface area (Å²) in [4.78, 5) is 23.6. The molecule has 0 aliphatic heterocycles. The molecule has 0 radical (unpaired) electrons. The molecular formula is C29H29O4PS4. The van der Waals surface area contributed by atoms with Gasteiger partial charge in [0.05, 0.1) is 39.0 Å². The molecular weight excluding hydrogens is 572 g/mol. The van der Waals surface area contributed by atoms with E-state index in [0.29, 0.717) is 24.3 Å². The topological polar surface area (TPSA) is 52.6 Å². The van der Waals surface area contributed by atoms with E-state index in [1.54, 1.807) is 23.5 Å². The van der Waals surface area contributed by atoms with E-state index in [4.69, 9.17) is 9.47 Å². The second-order valence-electron chi connectivity index (χ2n) is 8.07. The normalized spacial score (nSPS) is 11.2. The Morgan fingerprint density at radius 2 is 0.974 bits per heavy atom. The van der Waals surface area contributed by atoms with Gasteiger partial charge in [-0.15, -0.1) is 46.2 Å². The third-order valence-corrected chi connectivity index (χ3v) is 16.8. The number of ether oxygens (including phenoxy) is 2. The minimum atomic E-state index is -2.20. The van der Waals surface area contributed by atoms with Crippen molar-refractivity contribution in [2.45, 2.75) is 21.3 Å². The average molecular weight is 601 g/mol. The first-order chi connectivity index (χ1) is 18.6. The largest absolute Gasteiger partial charge is 0.469 e. The maximum atomic E-state index is 11.8. The fourth-order valence-electron chi connectivity index (χ4n) is 3.95. The first-order valence-corrected chi connectivity index (χ1v) is 17.4. The lowest BCUT2D eigenvalue weighted by molar-refractivity contribution is -0.141. The molecule has 0 N–H and O–H groups in total. The molecule has 0 aliphatic rings. The molecule has 0 aliphatic carbocycles. The van der Waals surface area contributed by atoms with Crippen LogP contribution in [0.15, 0.2) is 99.4 Å². The molecule has 3 aromatic carbocycles. The molecule has 9 heteroatoms. The van der Waals surface area contributed by atoms with Gasteiger partial charge >= 0.3 is 11.9 Å². The smallest absolute Gasteiger partial charge is 0.306 e. The van der Waals surface area contributed by atoms with Crippen LogP contribution in [0.1, 0.15) is 12.8 Å². The van der Waals surface area contributed by atoms with E-state index in [2.05, 4.69) is 91.0 Å². The van der Waals surface area contributed by atoms with E-state index in [1.807, 2.05) is 22.7 Å². The van der Waals surface area contributed by atoms with Crippen molar-refractivity contribution in [3.63, 3.8) is 0 Å². The molecule has 38 heavy (non-hydrogen) atoms. The van der Waals surface area contributed by atoms with Crippen LogP contribution >= 0.6 is 53.1 Å². The van der Waals surface area contributed by atoms with Crippen molar-refractivity contribution in [1.82, 2.24) is 0 Å². The zero-order valence-corrected chi connectivity index (χ0v) is 25.4. The van der Waals surface area contributed by atoms with Crippen LogP contribution in [0.5, 0.6) is 0 Å². The number of methoxy groups -OCH3 is 2. The molecule has 0 atom stereocenters. The molecule has 0 unspecified atom stereocenters. The van der Waals surface area contributed by atoms with Gasteiger partial charge in [0, 0.05) is 18.4 Å². The molecule has 4 nitrogen and oxygen atoms in total. The van der Waals surface area contributed by atoms with Crippen LogP contribution in [0, 0.1) is 3.57 Å². The molecule has 4 aromatic rings. The number of hydrogen-bond acceptors (Lipinski definition) is 8. The highest BCUT2D eigenvalue weighted by molar-refractivity contribution is 8.05. The van der Waals surface area contributed by atoms with Gasteiger partial charge in [-0.2, -0.15) is 0 Å². The van der Waals surface area contributed by atoms with E-state index >= 15 is 0 Å². The number of carbonyl (C=O) groups excluding carboxylic acids is 2. The van der Waals surface area contributed by atoms with Gasteiger partial charge in [0.2, 0.25) is 0 Å². The summed E-state index contributed by atoms with van der Waals surface area (Å²) in [7, 11) is 2.84. The van der Waals surface area contributed by atoms with Gasteiger partial charge in [-0.25, -0.2) is 0 Å². The molecule has 0 bridgehead atoms. The Labute approximate surface area is 240 Å². The third kappa shape index (κ3) is 6.67. The van der Waals surface area contributed by atoms with Gasteiger partial charge in [0.15, 0.2) is 0 Å². The SMILES string of the molecule is COC(=O)CCSc1sc(=P(c2ccccc2)(c2ccccc2)c2ccccc2)sc1SCCC(=O)OC. The fraction of sp³-hybridized carbons (Fsp3) is 0.207. The first-order valence-electron chi connectivity index (χ1n) is 12.0. The monoisotopic (exact) mass is 600 g/mol. The van der Waals surface area contributed by atoms with Gasteiger partial charge in [0.25, 0.3) is 0 Å². The van der Waals surface area contributed by atoms with Crippen molar-refractivity contribution in [2.75, 3.05) is 25.7 Å². The van der Waals surface area contributed by atoms with Crippen LogP contribution in [-0.2, 0) is 19.1 Å². The zero-order valence-electron chi connectivity index (χ0n) is 21.2. The van der Waals surface area contributed by atoms with Crippen molar-refractivity contribution in [3.05, 3.63) is 94.6 Å². The van der Waals surface area contributed by atoms with Gasteiger partial charge < -0.3 is 9.47 Å². The molecule has 0 saturated carbocycles. The van der Waals surface area contributed by atoms with Crippen molar-refractivity contribution >= 4 is 80.9 Å². The molecule has 0 amide bonds. The Morgan fingerprint density at radius 3 is 1.29 bits per heavy atom. The lowest BCUT2D eigenvalue weighted by Crippen LogP contribution is -2.25. The van der Waals surface area contributed by atoms with Gasteiger partial charge in [0.1, 0.15) is 0 Å². The highest BCUT2D eigenvalue weighted by Gasteiger charge is 2.28. The Hall–Kier alpha value is -2.22. The van der Waals surface area contributed by atoms with E-state index in [1.165, 1.54) is 42.1 Å². The highest BCUT2D eigenvalue weighted by atomic mass is 32.2. The number of rotatable bonds is 11. The molecule has 4 rings (SSSR count). The van der Waals surface area contributed by atoms with Crippen LogP contribution in [-0.4, -0.2) is 37.7 Å². The zero-order chi connectivity index (χ0) is 26.8. The molecule has 1 heterocycles. The quantitative estimate of drug-likeness (QED) is 0.109. The first kappa shape index (κ1) is 28.8. The highest BCUT2D eigenvalue weighted by Crippen LogP contribution is 2.54. The summed E-state index contributed by atoms with van der Waals surface area (Å²) in [6, 6.07) is 32.4. The van der Waals surface area contributed by atoms with Crippen LogP contribution in [0.3, 0.4) is 0 Å². The van der Waals surface area contributed by atoms with Crippen LogP contribution in [0.25, 0.3) is 0 Å². The van der Waals surface area contributed by atoms with Crippen molar-refractivity contribution < 1.29 is 19.1 Å². The Morgan fingerprint density at radius 1 is 0.632 bits per heavy atom. The predicted molar refractivity (Wildman–Crippen MR) is 165 cm³/mol. The van der Waals surface area contributed by atoms with E-state index < -0.39 is 6.89 Å². The van der Waals surface area contributed by atoms with Crippen LogP contribution < -0.4 is 15.9 Å². The lowest BCUT2D eigenvalue weighted by atomic mass is 10.4. The Balaban J connectivity index is 1.98. The summed E-state index contributed by atoms with van der Waals surface area (Å²) in [6.07, 6.45) is 0.698. The summed E-state index contributed by atoms with van der Waals surface area (Å²) in [6.45, 7) is -2.20. The standard InChI is InChI=1S/C29H29O4PS4/c1-32-25(30)18-20-35-27-28(36-21-19-26(31)33-2)38-29(37-27)34(22-12-6-3-7-13-22,23-14-8-4-9-15-23)24-16-10-5-11-17-24/h3-17H,18-21H2,1-2H3. The summed E-state index contributed by atoms with van der Waals surface area (Å²) < 4.78 is 13.4. The third-order valence-electron chi connectivity index (χ3n) is 5.77. The second kappa shape index (κ2) is 14.2. The molecule has 0 spiro atoms. The maximum absolute atomic E-state index is 11.8. The van der Waals surface area contributed by atoms with Gasteiger partial charge in [-0.3, -0.25) is 9.59 Å². The summed E-state index contributed by atoms with van der Waals surface area (Å²) >= 11 is 7.01. The minimum absolute atomic E-state index is 0.211. The van der Waals surface area contributed by atoms with Crippen LogP contribution in [0.4, 0.5) is 0 Å². The van der Waals surface area contributed by atoms with E-state index in [-0.39, 0.29) is 11.9 Å². The van der Waals surface area contributed by atoms with Crippen LogP contribution in [0.2, 0.25) is 0 Å². The van der Waals surface area contributed by atoms with E-state index in [0.717, 1.165) is 0 Å². The molecule has 0 fully saturated rings. The molecule has 1 aromatic heterocycles. The number of thioether (sulfide) groups is 2. The number of esters is 2. The fourth-order valence-corrected chi connectivity index (χ4v) is 16.5. The Kier molecular flexibility index (Phi) is 10.8. The summed E-state index contributed by atoms with van der Waals surface area (Å²) in [5, 5.41) is 3.89. The van der Waals surface area contributed by atoms with Gasteiger partial charge in [-0.1, -0.05) is 91.0 Å². The molecule has 198 valence electrons. The average Bonchev–Trinajstić information content (AvgIpc) is 3.37. The second-order valence-corrected chi connectivity index (χ2v) is 17.0. The van der Waals surface area contributed by atoms with Crippen molar-refractivity contribution in [1.29, 1.82) is 0 Å². The van der Waals surface area contributed by atoms with Gasteiger partial charge in [-0.05, 0) is 15.9 Å². The molecule has 0 saturated heterocycles. The van der Waals surface area contributed by atoms with E-state index in [9.17, 15) is 9.59 Å².